The van der Waals surface area contributed by atoms with Crippen LogP contribution >= 0.6 is 0 Å². The standard InChI is InChI=1S/C14H28N2O2/c1-3-11(4-2)16(9-10-17)14(18)12-7-5-6-8-13(12)15/h11-13,17H,3-10,15H2,1-2H3. The van der Waals surface area contributed by atoms with Crippen molar-refractivity contribution < 1.29 is 9.90 Å². The van der Waals surface area contributed by atoms with Crippen LogP contribution in [0, 0.1) is 5.92 Å². The first kappa shape index (κ1) is 15.4. The van der Waals surface area contributed by atoms with Gasteiger partial charge in [-0.25, -0.2) is 0 Å². The number of amides is 1. The Hall–Kier alpha value is -0.610. The number of aliphatic hydroxyl groups is 1. The molecule has 0 heterocycles. The van der Waals surface area contributed by atoms with Gasteiger partial charge in [-0.05, 0) is 25.7 Å². The topological polar surface area (TPSA) is 66.6 Å². The highest BCUT2D eigenvalue weighted by atomic mass is 16.3. The van der Waals surface area contributed by atoms with Crippen LogP contribution in [0.25, 0.3) is 0 Å². The van der Waals surface area contributed by atoms with Crippen LogP contribution in [0.1, 0.15) is 52.4 Å². The number of nitrogens with two attached hydrogens (primary N) is 1. The van der Waals surface area contributed by atoms with Gasteiger partial charge >= 0.3 is 0 Å². The molecule has 1 rings (SSSR count). The Labute approximate surface area is 111 Å². The second-order valence-electron chi connectivity index (χ2n) is 5.28. The molecule has 0 aromatic heterocycles. The lowest BCUT2D eigenvalue weighted by molar-refractivity contribution is -0.140. The Balaban J connectivity index is 2.74. The van der Waals surface area contributed by atoms with Crippen molar-refractivity contribution in [3.05, 3.63) is 0 Å². The van der Waals surface area contributed by atoms with Gasteiger partial charge in [0.1, 0.15) is 0 Å². The lowest BCUT2D eigenvalue weighted by Crippen LogP contribution is -2.50. The van der Waals surface area contributed by atoms with Crippen LogP contribution < -0.4 is 5.73 Å². The minimum atomic E-state index is -0.0362. The average molecular weight is 256 g/mol. The van der Waals surface area contributed by atoms with Gasteiger partial charge in [0.15, 0.2) is 0 Å². The van der Waals surface area contributed by atoms with E-state index in [4.69, 9.17) is 10.8 Å². The normalized spacial score (nSPS) is 24.3. The molecule has 4 heteroatoms. The smallest absolute Gasteiger partial charge is 0.227 e. The van der Waals surface area contributed by atoms with Gasteiger partial charge in [-0.2, -0.15) is 0 Å². The van der Waals surface area contributed by atoms with Crippen molar-refractivity contribution in [3.8, 4) is 0 Å². The predicted octanol–water partition coefficient (Wildman–Crippen LogP) is 1.51. The van der Waals surface area contributed by atoms with E-state index < -0.39 is 0 Å². The Morgan fingerprint density at radius 2 is 1.94 bits per heavy atom. The van der Waals surface area contributed by atoms with E-state index in [2.05, 4.69) is 13.8 Å². The summed E-state index contributed by atoms with van der Waals surface area (Å²) in [5.74, 6) is 0.121. The zero-order valence-electron chi connectivity index (χ0n) is 11.8. The van der Waals surface area contributed by atoms with Crippen LogP contribution in [0.15, 0.2) is 0 Å². The Kier molecular flexibility index (Phi) is 6.65. The van der Waals surface area contributed by atoms with E-state index in [1.165, 1.54) is 0 Å². The molecule has 106 valence electrons. The second-order valence-corrected chi connectivity index (χ2v) is 5.28. The van der Waals surface area contributed by atoms with E-state index in [0.717, 1.165) is 38.5 Å². The molecule has 1 fully saturated rings. The Bertz CT molecular complexity index is 254. The third-order valence-corrected chi connectivity index (χ3v) is 4.14. The van der Waals surface area contributed by atoms with Crippen molar-refractivity contribution in [1.29, 1.82) is 0 Å². The van der Waals surface area contributed by atoms with Gasteiger partial charge in [0, 0.05) is 18.6 Å². The zero-order valence-corrected chi connectivity index (χ0v) is 11.8. The molecule has 1 saturated carbocycles. The second kappa shape index (κ2) is 7.74. The van der Waals surface area contributed by atoms with Crippen LogP contribution in [0.5, 0.6) is 0 Å². The molecule has 0 aromatic carbocycles. The zero-order chi connectivity index (χ0) is 13.5. The number of carbonyl (C=O) groups excluding carboxylic acids is 1. The van der Waals surface area contributed by atoms with Crippen LogP contribution in [-0.4, -0.2) is 41.1 Å². The summed E-state index contributed by atoms with van der Waals surface area (Å²) in [5, 5.41) is 9.16. The fraction of sp³-hybridized carbons (Fsp3) is 0.929. The molecule has 4 nitrogen and oxygen atoms in total. The molecule has 1 amide bonds. The quantitative estimate of drug-likeness (QED) is 0.757. The van der Waals surface area contributed by atoms with Crippen molar-refractivity contribution in [2.45, 2.75) is 64.5 Å². The van der Waals surface area contributed by atoms with E-state index in [9.17, 15) is 4.79 Å². The molecule has 2 atom stereocenters. The number of nitrogens with zero attached hydrogens (tertiary/aromatic N) is 1. The van der Waals surface area contributed by atoms with Gasteiger partial charge < -0.3 is 15.7 Å². The molecule has 0 aliphatic heterocycles. The molecule has 2 unspecified atom stereocenters. The monoisotopic (exact) mass is 256 g/mol. The number of aliphatic hydroxyl groups excluding tert-OH is 1. The van der Waals surface area contributed by atoms with E-state index in [0.29, 0.717) is 6.54 Å². The lowest BCUT2D eigenvalue weighted by Gasteiger charge is -2.36. The molecule has 0 aromatic rings. The van der Waals surface area contributed by atoms with Crippen molar-refractivity contribution >= 4 is 5.91 Å². The maximum absolute atomic E-state index is 12.6. The molecule has 0 radical (unpaired) electrons. The Morgan fingerprint density at radius 3 is 2.44 bits per heavy atom. The van der Waals surface area contributed by atoms with Crippen LogP contribution in [0.3, 0.4) is 0 Å². The van der Waals surface area contributed by atoms with Crippen LogP contribution in [-0.2, 0) is 4.79 Å². The van der Waals surface area contributed by atoms with Gasteiger partial charge in [-0.3, -0.25) is 4.79 Å². The third kappa shape index (κ3) is 3.69. The summed E-state index contributed by atoms with van der Waals surface area (Å²) < 4.78 is 0. The van der Waals surface area contributed by atoms with Crippen LogP contribution in [0.4, 0.5) is 0 Å². The minimum absolute atomic E-state index is 0.00167. The van der Waals surface area contributed by atoms with Gasteiger partial charge in [-0.15, -0.1) is 0 Å². The number of hydrogen-bond donors (Lipinski definition) is 2. The lowest BCUT2D eigenvalue weighted by atomic mass is 9.83. The summed E-state index contributed by atoms with van der Waals surface area (Å²) in [5.41, 5.74) is 6.09. The third-order valence-electron chi connectivity index (χ3n) is 4.14. The molecule has 0 saturated heterocycles. The maximum atomic E-state index is 12.6. The average Bonchev–Trinajstić information content (AvgIpc) is 2.39. The highest BCUT2D eigenvalue weighted by Crippen LogP contribution is 2.26. The first-order valence-electron chi connectivity index (χ1n) is 7.32. The number of rotatable bonds is 6. The fourth-order valence-electron chi connectivity index (χ4n) is 2.99. The summed E-state index contributed by atoms with van der Waals surface area (Å²) in [6.45, 7) is 4.65. The minimum Gasteiger partial charge on any atom is -0.395 e. The molecule has 18 heavy (non-hydrogen) atoms. The van der Waals surface area contributed by atoms with Gasteiger partial charge in [0.2, 0.25) is 5.91 Å². The summed E-state index contributed by atoms with van der Waals surface area (Å²) in [7, 11) is 0. The molecule has 1 aliphatic rings. The highest BCUT2D eigenvalue weighted by Gasteiger charge is 2.33. The summed E-state index contributed by atoms with van der Waals surface area (Å²) >= 11 is 0. The number of hydrogen-bond acceptors (Lipinski definition) is 3. The molecule has 0 bridgehead atoms. The highest BCUT2D eigenvalue weighted by molar-refractivity contribution is 5.80. The summed E-state index contributed by atoms with van der Waals surface area (Å²) in [6, 6.07) is 0.237. The molecule has 0 spiro atoms. The van der Waals surface area contributed by atoms with Crippen molar-refractivity contribution in [2.24, 2.45) is 11.7 Å². The molecular weight excluding hydrogens is 228 g/mol. The van der Waals surface area contributed by atoms with Crippen molar-refractivity contribution in [2.75, 3.05) is 13.2 Å². The van der Waals surface area contributed by atoms with Gasteiger partial charge in [0.05, 0.1) is 12.5 Å². The first-order chi connectivity index (χ1) is 8.65. The van der Waals surface area contributed by atoms with E-state index in [1.54, 1.807) is 0 Å². The van der Waals surface area contributed by atoms with Crippen LogP contribution in [0.2, 0.25) is 0 Å². The van der Waals surface area contributed by atoms with Crippen molar-refractivity contribution in [1.82, 2.24) is 4.90 Å². The summed E-state index contributed by atoms with van der Waals surface area (Å²) in [6.07, 6.45) is 5.96. The molecular formula is C14H28N2O2. The van der Waals surface area contributed by atoms with E-state index >= 15 is 0 Å². The summed E-state index contributed by atoms with van der Waals surface area (Å²) in [4.78, 5) is 14.4. The predicted molar refractivity (Wildman–Crippen MR) is 73.1 cm³/mol. The van der Waals surface area contributed by atoms with E-state index in [1.807, 2.05) is 4.90 Å². The fourth-order valence-corrected chi connectivity index (χ4v) is 2.99. The largest absolute Gasteiger partial charge is 0.395 e. The van der Waals surface area contributed by atoms with Gasteiger partial charge in [-0.1, -0.05) is 26.7 Å². The maximum Gasteiger partial charge on any atom is 0.227 e. The number of carbonyl (C=O) groups is 1. The Morgan fingerprint density at radius 1 is 1.33 bits per heavy atom. The van der Waals surface area contributed by atoms with Gasteiger partial charge in [0.25, 0.3) is 0 Å². The SMILES string of the molecule is CCC(CC)N(CCO)C(=O)C1CCCCC1N. The molecule has 1 aliphatic carbocycles. The first-order valence-corrected chi connectivity index (χ1v) is 7.32. The molecule has 3 N–H and O–H groups in total. The van der Waals surface area contributed by atoms with Crippen molar-refractivity contribution in [3.63, 3.8) is 0 Å². The van der Waals surface area contributed by atoms with E-state index in [-0.39, 0.29) is 30.5 Å².